The molecule has 0 fully saturated rings. The fourth-order valence-electron chi connectivity index (χ4n) is 11.7. The summed E-state index contributed by atoms with van der Waals surface area (Å²) in [4.78, 5) is 0. The molecule has 0 saturated carbocycles. The molecule has 6 rings (SSSR count). The van der Waals surface area contributed by atoms with Crippen LogP contribution in [-0.2, 0) is 15.1 Å². The van der Waals surface area contributed by atoms with Gasteiger partial charge in [0.1, 0.15) is 0 Å². The quantitative estimate of drug-likeness (QED) is 0.158. The summed E-state index contributed by atoms with van der Waals surface area (Å²) in [6.45, 7) is 14.2. The third kappa shape index (κ3) is 4.60. The van der Waals surface area contributed by atoms with E-state index in [1.165, 1.54) is 64.0 Å². The van der Waals surface area contributed by atoms with E-state index in [9.17, 15) is 0 Å². The molecule has 4 aromatic rings. The molecule has 0 bridgehead atoms. The van der Waals surface area contributed by atoms with E-state index in [1.807, 2.05) is 0 Å². The fourth-order valence-corrected chi connectivity index (χ4v) is 63.6. The van der Waals surface area contributed by atoms with Crippen molar-refractivity contribution in [1.82, 2.24) is 0 Å². The zero-order valence-electron chi connectivity index (χ0n) is 28.3. The summed E-state index contributed by atoms with van der Waals surface area (Å²) in [5, 5.41) is 0. The van der Waals surface area contributed by atoms with Crippen LogP contribution in [0.4, 0.5) is 0 Å². The first-order valence-electron chi connectivity index (χ1n) is 16.9. The molecule has 1 heteroatoms. The number of benzene rings is 4. The van der Waals surface area contributed by atoms with Gasteiger partial charge in [-0.25, -0.2) is 0 Å². The number of aryl methyl sites for hydroxylation is 2. The molecule has 0 heterocycles. The molecule has 0 saturated heterocycles. The molecular weight excluding hydrogens is 695 g/mol. The van der Waals surface area contributed by atoms with Crippen molar-refractivity contribution in [2.24, 2.45) is 11.8 Å². The third-order valence-corrected chi connectivity index (χ3v) is 56.0. The number of rotatable bonds is 8. The van der Waals surface area contributed by atoms with Crippen LogP contribution in [0.5, 0.6) is 0 Å². The van der Waals surface area contributed by atoms with Crippen molar-refractivity contribution in [3.8, 4) is 22.3 Å². The van der Waals surface area contributed by atoms with Gasteiger partial charge >= 0.3 is 263 Å². The minimum atomic E-state index is -5.43. The van der Waals surface area contributed by atoms with Crippen molar-refractivity contribution in [3.63, 3.8) is 0 Å². The van der Waals surface area contributed by atoms with Crippen LogP contribution in [0.3, 0.4) is 0 Å². The van der Waals surface area contributed by atoms with Crippen LogP contribution < -0.4 is 0 Å². The standard InChI is InChI=1S/2C16H13.2C4H9.2CH3.CH2.Hf/c2*1-12-5-2-8-14(11-12)16-10-4-7-13-6-3-9-15(13)16;2*1-4(2)3;;;;/h2*2-11H,1H3;2*4H,1H2,2-3H3;2*1H3;1H2;. The van der Waals surface area contributed by atoms with Gasteiger partial charge in [-0.1, -0.05) is 0 Å². The number of allylic oxidation sites excluding steroid dienone is 2. The van der Waals surface area contributed by atoms with Gasteiger partial charge in [0.2, 0.25) is 0 Å². The van der Waals surface area contributed by atoms with Crippen LogP contribution in [0.2, 0.25) is 17.7 Å². The summed E-state index contributed by atoms with van der Waals surface area (Å²) >= 11 is -5.43. The number of hydrogen-bond donors (Lipinski definition) is 0. The van der Waals surface area contributed by atoms with Crippen LogP contribution in [-0.4, -0.2) is 4.26 Å². The SMILES string of the molecule is [CH2]=[Hf]([CH3])([CH3])([CH2]C(C)C)([CH2]C(C)C)([CH]1C=Cc2c(-c3cccc(C)c3)cccc21)[CH]1C=Cc2c(-c3cccc(C)c3)cccc21. The van der Waals surface area contributed by atoms with E-state index in [0.717, 1.165) is 0 Å². The monoisotopic (exact) mass is 748 g/mol. The molecule has 0 amide bonds. The Hall–Kier alpha value is -2.90. The number of fused-ring (bicyclic) bond motifs is 2. The Kier molecular flexibility index (Phi) is 6.75. The molecule has 0 radical (unpaired) electrons. The van der Waals surface area contributed by atoms with Gasteiger partial charge in [-0.15, -0.1) is 0 Å². The second-order valence-corrected chi connectivity index (χ2v) is 68.1. The topological polar surface area (TPSA) is 0 Å². The molecule has 0 aromatic heterocycles. The van der Waals surface area contributed by atoms with E-state index in [4.69, 9.17) is 4.26 Å². The molecular formula is C43H52Hf. The Bertz CT molecular complexity index is 1840. The van der Waals surface area contributed by atoms with Crippen molar-refractivity contribution in [3.05, 3.63) is 130 Å². The van der Waals surface area contributed by atoms with Gasteiger partial charge in [0.05, 0.1) is 0 Å². The van der Waals surface area contributed by atoms with E-state index >= 15 is 0 Å². The molecule has 0 N–H and O–H groups in total. The molecule has 0 spiro atoms. The van der Waals surface area contributed by atoms with Gasteiger partial charge < -0.3 is 0 Å². The van der Waals surface area contributed by atoms with Gasteiger partial charge in [0, 0.05) is 0 Å². The molecule has 2 unspecified atom stereocenters. The van der Waals surface area contributed by atoms with Crippen LogP contribution in [0, 0.1) is 25.7 Å². The average Bonchev–Trinajstić information content (AvgIpc) is 3.59. The van der Waals surface area contributed by atoms with Crippen LogP contribution in [0.1, 0.15) is 68.4 Å². The maximum atomic E-state index is 5.94. The molecule has 0 aliphatic heterocycles. The zero-order valence-corrected chi connectivity index (χ0v) is 31.9. The number of hydrogen-bond acceptors (Lipinski definition) is 0. The minimum absolute atomic E-state index is 0.298. The van der Waals surface area contributed by atoms with E-state index in [2.05, 4.69) is 160 Å². The summed E-state index contributed by atoms with van der Waals surface area (Å²) in [7, 11) is 0. The van der Waals surface area contributed by atoms with Crippen molar-refractivity contribution in [2.45, 2.75) is 66.6 Å². The summed E-state index contributed by atoms with van der Waals surface area (Å²) in [6, 6.07) is 32.1. The molecule has 0 nitrogen and oxygen atoms in total. The Morgan fingerprint density at radius 1 is 0.591 bits per heavy atom. The summed E-state index contributed by atoms with van der Waals surface area (Å²) < 4.78 is 14.5. The predicted octanol–water partition coefficient (Wildman–Crippen LogP) is 12.9. The van der Waals surface area contributed by atoms with Gasteiger partial charge in [-0.3, -0.25) is 0 Å². The Balaban J connectivity index is 1.65. The van der Waals surface area contributed by atoms with Crippen molar-refractivity contribution < 1.29 is 15.1 Å². The molecule has 228 valence electrons. The van der Waals surface area contributed by atoms with Gasteiger partial charge in [-0.2, -0.15) is 0 Å². The summed E-state index contributed by atoms with van der Waals surface area (Å²) in [5.41, 5.74) is 13.7. The maximum absolute atomic E-state index is 5.94. The van der Waals surface area contributed by atoms with Crippen molar-refractivity contribution >= 4 is 16.4 Å². The zero-order chi connectivity index (χ0) is 31.6. The predicted molar refractivity (Wildman–Crippen MR) is 195 cm³/mol. The van der Waals surface area contributed by atoms with Gasteiger partial charge in [0.25, 0.3) is 0 Å². The van der Waals surface area contributed by atoms with E-state index in [1.54, 1.807) is 0 Å². The van der Waals surface area contributed by atoms with Crippen LogP contribution >= 0.6 is 0 Å². The van der Waals surface area contributed by atoms with E-state index < -0.39 is 15.1 Å². The Morgan fingerprint density at radius 3 is 1.34 bits per heavy atom. The second kappa shape index (κ2) is 9.56. The summed E-state index contributed by atoms with van der Waals surface area (Å²) in [5.74, 6) is 1.06. The molecule has 2 atom stereocenters. The van der Waals surface area contributed by atoms with Gasteiger partial charge in [-0.05, 0) is 0 Å². The van der Waals surface area contributed by atoms with E-state index in [-0.39, 0.29) is 0 Å². The molecule has 44 heavy (non-hydrogen) atoms. The summed E-state index contributed by atoms with van der Waals surface area (Å²) in [6.07, 6.45) is 10.2. The molecule has 4 aromatic carbocycles. The first-order valence-corrected chi connectivity index (χ1v) is 35.8. The van der Waals surface area contributed by atoms with Crippen LogP contribution in [0.15, 0.2) is 97.1 Å². The molecule has 2 aliphatic rings. The fraction of sp³-hybridized carbons (Fsp3) is 0.326. The van der Waals surface area contributed by atoms with Crippen LogP contribution in [0.25, 0.3) is 34.4 Å². The first-order chi connectivity index (χ1) is 20.6. The van der Waals surface area contributed by atoms with Crippen molar-refractivity contribution in [2.75, 3.05) is 0 Å². The second-order valence-electron chi connectivity index (χ2n) is 18.1. The van der Waals surface area contributed by atoms with E-state index in [0.29, 0.717) is 19.2 Å². The third-order valence-electron chi connectivity index (χ3n) is 12.1. The Morgan fingerprint density at radius 2 is 0.977 bits per heavy atom. The average molecular weight is 747 g/mol. The molecule has 2 aliphatic carbocycles. The first kappa shape index (κ1) is 31.1. The normalized spacial score (nSPS) is 19.8. The van der Waals surface area contributed by atoms with Crippen molar-refractivity contribution in [1.29, 1.82) is 0 Å². The Labute approximate surface area is 261 Å². The van der Waals surface area contributed by atoms with Gasteiger partial charge in [0.15, 0.2) is 0 Å².